The fourth-order valence-electron chi connectivity index (χ4n) is 3.11. The van der Waals surface area contributed by atoms with Crippen LogP contribution >= 0.6 is 51.5 Å². The van der Waals surface area contributed by atoms with Gasteiger partial charge in [0.05, 0.1) is 12.7 Å². The topological polar surface area (TPSA) is 45.5 Å². The van der Waals surface area contributed by atoms with Crippen molar-refractivity contribution in [3.63, 3.8) is 0 Å². The molecule has 1 fully saturated rings. The summed E-state index contributed by atoms with van der Waals surface area (Å²) in [5.41, 5.74) is 2.33. The first-order chi connectivity index (χ1) is 12.1. The summed E-state index contributed by atoms with van der Waals surface area (Å²) in [7, 11) is 1.96. The van der Waals surface area contributed by atoms with Crippen LogP contribution in [0.4, 0.5) is 0 Å². The van der Waals surface area contributed by atoms with Gasteiger partial charge >= 0.3 is 0 Å². The van der Waals surface area contributed by atoms with Gasteiger partial charge in [-0.25, -0.2) is 4.99 Å². The molecule has 142 valence electrons. The average Bonchev–Trinajstić information content (AvgIpc) is 3.21. The molecule has 1 aromatic carbocycles. The molecule has 0 amide bonds. The standard InChI is InChI=1S/C18H23BrClN5.HI/c1-3-21-18(22-9-13-4-5-16(19)8-17(13)20)25-7-6-14(12-25)15-10-23-24(2)11-15;/h4-5,8,10-11,14H,3,6-7,9,12H2,1-2H3,(H,21,22);1H. The molecular formula is C18H24BrClIN5. The lowest BCUT2D eigenvalue weighted by Crippen LogP contribution is -2.40. The van der Waals surface area contributed by atoms with Crippen LogP contribution in [0, 0.1) is 0 Å². The Kier molecular flexibility index (Phi) is 8.22. The van der Waals surface area contributed by atoms with Crippen molar-refractivity contribution >= 4 is 57.5 Å². The first-order valence-electron chi connectivity index (χ1n) is 8.52. The number of aryl methyl sites for hydroxylation is 1. The Bertz CT molecular complexity index is 764. The van der Waals surface area contributed by atoms with Crippen molar-refractivity contribution < 1.29 is 0 Å². The van der Waals surface area contributed by atoms with Crippen LogP contribution in [0.25, 0.3) is 0 Å². The molecule has 0 spiro atoms. The second kappa shape index (κ2) is 9.94. The molecule has 2 aromatic rings. The highest BCUT2D eigenvalue weighted by molar-refractivity contribution is 14.0. The molecular weight excluding hydrogens is 528 g/mol. The van der Waals surface area contributed by atoms with Crippen molar-refractivity contribution in [2.45, 2.75) is 25.8 Å². The van der Waals surface area contributed by atoms with E-state index in [0.717, 1.165) is 47.1 Å². The van der Waals surface area contributed by atoms with Crippen molar-refractivity contribution in [2.24, 2.45) is 12.0 Å². The molecule has 5 nitrogen and oxygen atoms in total. The van der Waals surface area contributed by atoms with Gasteiger partial charge < -0.3 is 10.2 Å². The molecule has 0 bridgehead atoms. The number of likely N-dealkylation sites (tertiary alicyclic amines) is 1. The van der Waals surface area contributed by atoms with Gasteiger partial charge in [-0.1, -0.05) is 33.6 Å². The summed E-state index contributed by atoms with van der Waals surface area (Å²) in [6, 6.07) is 5.92. The van der Waals surface area contributed by atoms with Gasteiger partial charge in [0.25, 0.3) is 0 Å². The van der Waals surface area contributed by atoms with Gasteiger partial charge in [0.15, 0.2) is 5.96 Å². The smallest absolute Gasteiger partial charge is 0.194 e. The normalized spacial score (nSPS) is 17.3. The van der Waals surface area contributed by atoms with E-state index in [2.05, 4.69) is 44.4 Å². The van der Waals surface area contributed by atoms with Crippen LogP contribution in [-0.2, 0) is 13.6 Å². The zero-order valence-electron chi connectivity index (χ0n) is 15.0. The van der Waals surface area contributed by atoms with E-state index in [9.17, 15) is 0 Å². The minimum absolute atomic E-state index is 0. The lowest BCUT2D eigenvalue weighted by Gasteiger charge is -2.21. The first kappa shape index (κ1) is 21.5. The number of nitrogens with one attached hydrogen (secondary N) is 1. The van der Waals surface area contributed by atoms with Crippen molar-refractivity contribution in [3.05, 3.63) is 51.2 Å². The van der Waals surface area contributed by atoms with E-state index in [1.807, 2.05) is 36.1 Å². The third kappa shape index (κ3) is 5.36. The van der Waals surface area contributed by atoms with Crippen molar-refractivity contribution in [1.29, 1.82) is 0 Å². The molecule has 1 aliphatic heterocycles. The molecule has 8 heteroatoms. The van der Waals surface area contributed by atoms with Crippen LogP contribution in [0.3, 0.4) is 0 Å². The maximum absolute atomic E-state index is 6.31. The summed E-state index contributed by atoms with van der Waals surface area (Å²) in [4.78, 5) is 7.13. The lowest BCUT2D eigenvalue weighted by molar-refractivity contribution is 0.486. The van der Waals surface area contributed by atoms with E-state index >= 15 is 0 Å². The Hall–Kier alpha value is -0.800. The molecule has 0 aliphatic carbocycles. The predicted octanol–water partition coefficient (Wildman–Crippen LogP) is 4.41. The number of benzene rings is 1. The van der Waals surface area contributed by atoms with Crippen LogP contribution < -0.4 is 5.32 Å². The number of hydrogen-bond donors (Lipinski definition) is 1. The highest BCUT2D eigenvalue weighted by Gasteiger charge is 2.26. The van der Waals surface area contributed by atoms with Gasteiger partial charge in [-0.2, -0.15) is 5.10 Å². The number of nitrogens with zero attached hydrogens (tertiary/aromatic N) is 4. The lowest BCUT2D eigenvalue weighted by atomic mass is 10.0. The highest BCUT2D eigenvalue weighted by Crippen LogP contribution is 2.27. The second-order valence-corrected chi connectivity index (χ2v) is 7.61. The van der Waals surface area contributed by atoms with E-state index in [4.69, 9.17) is 16.6 Å². The van der Waals surface area contributed by atoms with Gasteiger partial charge in [0.1, 0.15) is 0 Å². The van der Waals surface area contributed by atoms with Crippen LogP contribution in [-0.4, -0.2) is 40.3 Å². The van der Waals surface area contributed by atoms with Crippen molar-refractivity contribution in [3.8, 4) is 0 Å². The van der Waals surface area contributed by atoms with Gasteiger partial charge in [0.2, 0.25) is 0 Å². The van der Waals surface area contributed by atoms with E-state index in [1.165, 1.54) is 5.56 Å². The summed E-state index contributed by atoms with van der Waals surface area (Å²) in [6.07, 6.45) is 5.20. The van der Waals surface area contributed by atoms with Crippen molar-refractivity contribution in [2.75, 3.05) is 19.6 Å². The van der Waals surface area contributed by atoms with Gasteiger partial charge in [-0.15, -0.1) is 24.0 Å². The molecule has 1 N–H and O–H groups in total. The van der Waals surface area contributed by atoms with Crippen molar-refractivity contribution in [1.82, 2.24) is 20.0 Å². The van der Waals surface area contributed by atoms with Crippen LogP contribution in [0.5, 0.6) is 0 Å². The van der Waals surface area contributed by atoms with Gasteiger partial charge in [-0.05, 0) is 36.6 Å². The van der Waals surface area contributed by atoms with Gasteiger partial charge in [-0.3, -0.25) is 4.68 Å². The van der Waals surface area contributed by atoms with E-state index in [-0.39, 0.29) is 24.0 Å². The molecule has 26 heavy (non-hydrogen) atoms. The molecule has 0 radical (unpaired) electrons. The zero-order valence-corrected chi connectivity index (χ0v) is 19.6. The molecule has 1 saturated heterocycles. The van der Waals surface area contributed by atoms with Crippen LogP contribution in [0.2, 0.25) is 5.02 Å². The third-order valence-corrected chi connectivity index (χ3v) is 5.28. The number of guanidine groups is 1. The monoisotopic (exact) mass is 551 g/mol. The molecule has 0 saturated carbocycles. The summed E-state index contributed by atoms with van der Waals surface area (Å²) in [5.74, 6) is 1.46. The highest BCUT2D eigenvalue weighted by atomic mass is 127. The van der Waals surface area contributed by atoms with E-state index < -0.39 is 0 Å². The Balaban J connectivity index is 0.00000243. The first-order valence-corrected chi connectivity index (χ1v) is 9.69. The predicted molar refractivity (Wildman–Crippen MR) is 122 cm³/mol. The summed E-state index contributed by atoms with van der Waals surface area (Å²) >= 11 is 9.75. The molecule has 2 heterocycles. The maximum atomic E-state index is 6.31. The quantitative estimate of drug-likeness (QED) is 0.347. The number of hydrogen-bond acceptors (Lipinski definition) is 2. The molecule has 1 aromatic heterocycles. The Morgan fingerprint density at radius 2 is 2.27 bits per heavy atom. The van der Waals surface area contributed by atoms with E-state index in [1.54, 1.807) is 0 Å². The fourth-order valence-corrected chi connectivity index (χ4v) is 3.84. The Labute approximate surface area is 185 Å². The maximum Gasteiger partial charge on any atom is 0.194 e. The fraction of sp³-hybridized carbons (Fsp3) is 0.444. The number of aromatic nitrogens is 2. The molecule has 1 aliphatic rings. The average molecular weight is 553 g/mol. The third-order valence-electron chi connectivity index (χ3n) is 4.43. The number of halogens is 3. The minimum Gasteiger partial charge on any atom is -0.357 e. The summed E-state index contributed by atoms with van der Waals surface area (Å²) < 4.78 is 2.85. The number of aliphatic imine (C=N–C) groups is 1. The van der Waals surface area contributed by atoms with Gasteiger partial charge in [0, 0.05) is 48.3 Å². The zero-order chi connectivity index (χ0) is 17.8. The molecule has 1 unspecified atom stereocenters. The van der Waals surface area contributed by atoms with Crippen LogP contribution in [0.1, 0.15) is 30.4 Å². The van der Waals surface area contributed by atoms with E-state index in [0.29, 0.717) is 12.5 Å². The SMILES string of the molecule is CCNC(=NCc1ccc(Br)cc1Cl)N1CCC(c2cnn(C)c2)C1.I. The number of rotatable bonds is 4. The molecule has 1 atom stereocenters. The Morgan fingerprint density at radius 1 is 1.46 bits per heavy atom. The Morgan fingerprint density at radius 3 is 2.92 bits per heavy atom. The largest absolute Gasteiger partial charge is 0.357 e. The summed E-state index contributed by atoms with van der Waals surface area (Å²) in [5, 5.41) is 8.44. The second-order valence-electron chi connectivity index (χ2n) is 6.28. The minimum atomic E-state index is 0. The van der Waals surface area contributed by atoms with Crippen LogP contribution in [0.15, 0.2) is 40.1 Å². The molecule has 3 rings (SSSR count). The summed E-state index contributed by atoms with van der Waals surface area (Å²) in [6.45, 7) is 5.48.